The predicted molar refractivity (Wildman–Crippen MR) is 99.4 cm³/mol. The van der Waals surface area contributed by atoms with Gasteiger partial charge in [-0.15, -0.1) is 0 Å². The van der Waals surface area contributed by atoms with Crippen LogP contribution in [0.15, 0.2) is 0 Å². The third kappa shape index (κ3) is 14.3. The number of amides is 2. The molecule has 23 heavy (non-hydrogen) atoms. The van der Waals surface area contributed by atoms with Gasteiger partial charge in [-0.3, -0.25) is 9.59 Å². The minimum absolute atomic E-state index is 0.213. The lowest BCUT2D eigenvalue weighted by Crippen LogP contribution is -2.36. The summed E-state index contributed by atoms with van der Waals surface area (Å²) in [6, 6.07) is 0. The first-order valence-electron chi connectivity index (χ1n) is 9.22. The van der Waals surface area contributed by atoms with Gasteiger partial charge in [0.05, 0.1) is 0 Å². The topological polar surface area (TPSA) is 40.6 Å². The fraction of sp³-hybridized carbons (Fsp3) is 0.895. The van der Waals surface area contributed by atoms with Crippen molar-refractivity contribution in [2.75, 3.05) is 27.2 Å². The highest BCUT2D eigenvalue weighted by Crippen LogP contribution is 2.12. The van der Waals surface area contributed by atoms with Gasteiger partial charge in [-0.25, -0.2) is 0 Å². The Bertz CT molecular complexity index is 306. The van der Waals surface area contributed by atoms with E-state index in [-0.39, 0.29) is 5.91 Å². The Morgan fingerprint density at radius 3 is 1.61 bits per heavy atom. The highest BCUT2D eigenvalue weighted by molar-refractivity contribution is 5.76. The fourth-order valence-electron chi connectivity index (χ4n) is 2.15. The SMILES string of the molecule is CC.CC(C)CC(=O)N(C)C.CC(C)CC(=O)N1CCCCC1. The van der Waals surface area contributed by atoms with E-state index in [0.717, 1.165) is 19.5 Å². The fourth-order valence-corrected chi connectivity index (χ4v) is 2.15. The molecule has 0 unspecified atom stereocenters. The van der Waals surface area contributed by atoms with Gasteiger partial charge < -0.3 is 9.80 Å². The van der Waals surface area contributed by atoms with Crippen molar-refractivity contribution in [2.45, 2.75) is 73.6 Å². The number of hydrogen-bond acceptors (Lipinski definition) is 2. The molecule has 0 atom stereocenters. The Morgan fingerprint density at radius 2 is 1.30 bits per heavy atom. The Hall–Kier alpha value is -1.06. The molecule has 4 heteroatoms. The van der Waals surface area contributed by atoms with E-state index in [9.17, 15) is 9.59 Å². The van der Waals surface area contributed by atoms with Crippen LogP contribution in [0.2, 0.25) is 0 Å². The zero-order chi connectivity index (χ0) is 18.4. The molecule has 0 aromatic heterocycles. The van der Waals surface area contributed by atoms with E-state index in [4.69, 9.17) is 0 Å². The van der Waals surface area contributed by atoms with Crippen LogP contribution in [-0.4, -0.2) is 48.8 Å². The van der Waals surface area contributed by atoms with Gasteiger partial charge in [0.25, 0.3) is 0 Å². The van der Waals surface area contributed by atoms with Crippen molar-refractivity contribution in [3.63, 3.8) is 0 Å². The second kappa shape index (κ2) is 14.5. The van der Waals surface area contributed by atoms with Crippen LogP contribution >= 0.6 is 0 Å². The maximum Gasteiger partial charge on any atom is 0.222 e. The highest BCUT2D eigenvalue weighted by Gasteiger charge is 2.16. The summed E-state index contributed by atoms with van der Waals surface area (Å²) >= 11 is 0. The van der Waals surface area contributed by atoms with E-state index in [2.05, 4.69) is 13.8 Å². The van der Waals surface area contributed by atoms with Gasteiger partial charge in [-0.2, -0.15) is 0 Å². The zero-order valence-electron chi connectivity index (χ0n) is 16.8. The molecule has 0 aliphatic carbocycles. The highest BCUT2D eigenvalue weighted by atomic mass is 16.2. The summed E-state index contributed by atoms with van der Waals surface area (Å²) in [6.45, 7) is 14.3. The van der Waals surface area contributed by atoms with Gasteiger partial charge in [0.15, 0.2) is 0 Å². The third-order valence-electron chi connectivity index (χ3n) is 3.37. The first-order chi connectivity index (χ1) is 10.7. The third-order valence-corrected chi connectivity index (χ3v) is 3.37. The van der Waals surface area contributed by atoms with Gasteiger partial charge >= 0.3 is 0 Å². The van der Waals surface area contributed by atoms with Gasteiger partial charge in [0, 0.05) is 40.0 Å². The quantitative estimate of drug-likeness (QED) is 0.776. The van der Waals surface area contributed by atoms with E-state index in [1.54, 1.807) is 19.0 Å². The summed E-state index contributed by atoms with van der Waals surface area (Å²) in [7, 11) is 3.56. The van der Waals surface area contributed by atoms with Crippen LogP contribution in [0, 0.1) is 11.8 Å². The summed E-state index contributed by atoms with van der Waals surface area (Å²) < 4.78 is 0. The number of carbonyl (C=O) groups excluding carboxylic acids is 2. The second-order valence-electron chi connectivity index (χ2n) is 6.93. The molecule has 0 aromatic carbocycles. The molecular weight excluding hydrogens is 288 g/mol. The maximum absolute atomic E-state index is 11.5. The molecule has 0 spiro atoms. The van der Waals surface area contributed by atoms with Gasteiger partial charge in [-0.05, 0) is 31.1 Å². The molecule has 0 radical (unpaired) electrons. The lowest BCUT2D eigenvalue weighted by Gasteiger charge is -2.27. The van der Waals surface area contributed by atoms with Crippen LogP contribution in [0.4, 0.5) is 0 Å². The molecule has 0 N–H and O–H groups in total. The normalized spacial score (nSPS) is 13.7. The number of likely N-dealkylation sites (tertiary alicyclic amines) is 1. The monoisotopic (exact) mass is 328 g/mol. The molecular formula is C19H40N2O2. The standard InChI is InChI=1S/C10H19NO.C7H15NO.C2H6/c1-9(2)8-10(12)11-6-4-3-5-7-11;1-6(2)5-7(9)8(3)4;1-2/h9H,3-8H2,1-2H3;6H,5H2,1-4H3;1-2H3. The van der Waals surface area contributed by atoms with Crippen LogP contribution in [0.5, 0.6) is 0 Å². The lowest BCUT2D eigenvalue weighted by molar-refractivity contribution is -0.133. The van der Waals surface area contributed by atoms with Crippen molar-refractivity contribution < 1.29 is 9.59 Å². The molecule has 1 fully saturated rings. The van der Waals surface area contributed by atoms with Crippen molar-refractivity contribution in [1.29, 1.82) is 0 Å². The molecule has 1 aliphatic rings. The Kier molecular flexibility index (Phi) is 15.3. The van der Waals surface area contributed by atoms with Crippen molar-refractivity contribution in [2.24, 2.45) is 11.8 Å². The lowest BCUT2D eigenvalue weighted by atomic mass is 10.1. The van der Waals surface area contributed by atoms with Crippen molar-refractivity contribution in [1.82, 2.24) is 9.80 Å². The summed E-state index contributed by atoms with van der Waals surface area (Å²) in [5.41, 5.74) is 0. The molecule has 1 saturated heterocycles. The number of rotatable bonds is 4. The molecule has 138 valence electrons. The Labute approximate surface area is 144 Å². The van der Waals surface area contributed by atoms with Crippen molar-refractivity contribution in [3.8, 4) is 0 Å². The second-order valence-corrected chi connectivity index (χ2v) is 6.93. The molecule has 0 saturated carbocycles. The molecule has 0 bridgehead atoms. The van der Waals surface area contributed by atoms with Crippen LogP contribution in [0.3, 0.4) is 0 Å². The minimum atomic E-state index is 0.213. The molecule has 1 aliphatic heterocycles. The average molecular weight is 329 g/mol. The smallest absolute Gasteiger partial charge is 0.222 e. The maximum atomic E-state index is 11.5. The van der Waals surface area contributed by atoms with E-state index in [0.29, 0.717) is 24.2 Å². The van der Waals surface area contributed by atoms with Crippen LogP contribution < -0.4 is 0 Å². The van der Waals surface area contributed by atoms with Gasteiger partial charge in [0.1, 0.15) is 0 Å². The Morgan fingerprint density at radius 1 is 0.870 bits per heavy atom. The largest absolute Gasteiger partial charge is 0.349 e. The van der Waals surface area contributed by atoms with Crippen LogP contribution in [0.1, 0.15) is 73.6 Å². The van der Waals surface area contributed by atoms with E-state index >= 15 is 0 Å². The summed E-state index contributed by atoms with van der Waals surface area (Å²) in [5, 5.41) is 0. The molecule has 4 nitrogen and oxygen atoms in total. The summed E-state index contributed by atoms with van der Waals surface area (Å²) in [6.07, 6.45) is 5.08. The van der Waals surface area contributed by atoms with Crippen LogP contribution in [-0.2, 0) is 9.59 Å². The van der Waals surface area contributed by atoms with E-state index in [1.807, 2.05) is 32.6 Å². The first kappa shape index (κ1) is 24.2. The van der Waals surface area contributed by atoms with E-state index in [1.165, 1.54) is 19.3 Å². The summed E-state index contributed by atoms with van der Waals surface area (Å²) in [4.78, 5) is 26.1. The van der Waals surface area contributed by atoms with Crippen molar-refractivity contribution >= 4 is 11.8 Å². The number of piperidine rings is 1. The predicted octanol–water partition coefficient (Wildman–Crippen LogP) is 4.19. The minimum Gasteiger partial charge on any atom is -0.349 e. The first-order valence-corrected chi connectivity index (χ1v) is 9.22. The molecule has 1 heterocycles. The van der Waals surface area contributed by atoms with Gasteiger partial charge in [0.2, 0.25) is 11.8 Å². The molecule has 2 amide bonds. The summed E-state index contributed by atoms with van der Waals surface area (Å²) in [5.74, 6) is 1.54. The van der Waals surface area contributed by atoms with Crippen LogP contribution in [0.25, 0.3) is 0 Å². The number of carbonyl (C=O) groups is 2. The van der Waals surface area contributed by atoms with E-state index < -0.39 is 0 Å². The average Bonchev–Trinajstić information content (AvgIpc) is 2.49. The van der Waals surface area contributed by atoms with Crippen molar-refractivity contribution in [3.05, 3.63) is 0 Å². The molecule has 1 rings (SSSR count). The number of hydrogen-bond donors (Lipinski definition) is 0. The zero-order valence-corrected chi connectivity index (χ0v) is 16.8. The van der Waals surface area contributed by atoms with Gasteiger partial charge in [-0.1, -0.05) is 41.5 Å². The number of nitrogens with zero attached hydrogens (tertiary/aromatic N) is 2. The molecule has 0 aromatic rings. The Balaban J connectivity index is 0.